The molecule has 0 amide bonds. The fraction of sp³-hybridized carbons (Fsp3) is 1.00. The minimum Gasteiger partial charge on any atom is -0.328 e. The minimum absolute atomic E-state index is 0.00912. The Kier molecular flexibility index (Phi) is 19.8. The van der Waals surface area contributed by atoms with Crippen LogP contribution in [0.5, 0.6) is 0 Å². The van der Waals surface area contributed by atoms with Crippen LogP contribution in [0.25, 0.3) is 0 Å². The summed E-state index contributed by atoms with van der Waals surface area (Å²) < 4.78 is 51.2. The summed E-state index contributed by atoms with van der Waals surface area (Å²) in [5.74, 6) is -1.03. The highest BCUT2D eigenvalue weighted by Crippen LogP contribution is 2.22. The number of hydroxylamine groups is 3. The molecule has 10 heteroatoms. The third-order valence-corrected chi connectivity index (χ3v) is 4.49. The lowest BCUT2D eigenvalue weighted by atomic mass is 10.1. The summed E-state index contributed by atoms with van der Waals surface area (Å²) in [5.41, 5.74) is 0. The van der Waals surface area contributed by atoms with Crippen molar-refractivity contribution in [3.63, 3.8) is 0 Å². The average molecular weight is 462 g/mol. The van der Waals surface area contributed by atoms with Gasteiger partial charge in [-0.25, -0.2) is 23.8 Å². The van der Waals surface area contributed by atoms with E-state index in [4.69, 9.17) is 32.8 Å². The topological polar surface area (TPSA) is 140 Å². The van der Waals surface area contributed by atoms with Crippen molar-refractivity contribution >= 4 is 0 Å². The average Bonchev–Trinajstić information content (AvgIpc) is 2.62. The Hall–Kier alpha value is -0.0700. The molecule has 0 fully saturated rings. The van der Waals surface area contributed by atoms with Crippen LogP contribution in [0.4, 0.5) is 0 Å². The van der Waals surface area contributed by atoms with Gasteiger partial charge in [0.2, 0.25) is 0 Å². The molecule has 30 heavy (non-hydrogen) atoms. The summed E-state index contributed by atoms with van der Waals surface area (Å²) in [7, 11) is -3.09. The van der Waals surface area contributed by atoms with Crippen LogP contribution in [-0.2, 0) is 14.2 Å². The van der Waals surface area contributed by atoms with Crippen molar-refractivity contribution in [2.24, 2.45) is 0 Å². The first-order valence-electron chi connectivity index (χ1n) is 11.1. The van der Waals surface area contributed by atoms with Crippen LogP contribution in [0.15, 0.2) is 0 Å². The van der Waals surface area contributed by atoms with Gasteiger partial charge in [-0.1, -0.05) is 45.4 Å². The number of unbranched alkanes of at least 4 members (excludes halogenated alkanes) is 7. The van der Waals surface area contributed by atoms with Gasteiger partial charge in [0.15, 0.2) is 0 Å². The van der Waals surface area contributed by atoms with Gasteiger partial charge in [-0.2, -0.15) is 4.65 Å². The Morgan fingerprint density at radius 2 is 1.07 bits per heavy atom. The lowest BCUT2D eigenvalue weighted by molar-refractivity contribution is -2.00. The number of nitrogens with zero attached hydrogens (tertiary/aromatic N) is 1. The van der Waals surface area contributed by atoms with E-state index in [1.54, 1.807) is 0 Å². The van der Waals surface area contributed by atoms with Crippen LogP contribution in [0.2, 0.25) is 0 Å². The highest BCUT2D eigenvalue weighted by Gasteiger charge is 2.36. The van der Waals surface area contributed by atoms with Gasteiger partial charge in [0, 0.05) is 19.8 Å². The lowest BCUT2D eigenvalue weighted by Gasteiger charge is -2.34. The molecule has 0 spiro atoms. The molecule has 0 saturated heterocycles. The highest BCUT2D eigenvalue weighted by atomic mass is 35.7. The fourth-order valence-electron chi connectivity index (χ4n) is 3.08. The van der Waals surface area contributed by atoms with Crippen LogP contribution in [-0.4, -0.2) is 55.8 Å². The zero-order valence-electron chi connectivity index (χ0n) is 19.5. The van der Waals surface area contributed by atoms with Crippen molar-refractivity contribution < 1.29 is 52.9 Å². The molecule has 0 aliphatic heterocycles. The Morgan fingerprint density at radius 3 is 1.43 bits per heavy atom. The largest absolute Gasteiger partial charge is 0.328 e. The van der Waals surface area contributed by atoms with Crippen LogP contribution in [0.3, 0.4) is 0 Å². The van der Waals surface area contributed by atoms with Gasteiger partial charge >= 0.3 is 0 Å². The summed E-state index contributed by atoms with van der Waals surface area (Å²) in [4.78, 5) is 0. The first-order chi connectivity index (χ1) is 13.9. The van der Waals surface area contributed by atoms with Gasteiger partial charge in [-0.15, -0.1) is 10.2 Å². The number of ether oxygens (including phenoxy) is 3. The van der Waals surface area contributed by atoms with Gasteiger partial charge < -0.3 is 14.2 Å². The van der Waals surface area contributed by atoms with Crippen molar-refractivity contribution in [2.75, 3.05) is 40.0 Å². The van der Waals surface area contributed by atoms with Crippen LogP contribution in [0, 0.1) is 10.2 Å². The van der Waals surface area contributed by atoms with Crippen molar-refractivity contribution in [1.29, 1.82) is 0 Å². The molecular weight excluding hydrogens is 418 g/mol. The molecule has 184 valence electrons. The van der Waals surface area contributed by atoms with E-state index in [2.05, 4.69) is 6.92 Å². The molecule has 0 heterocycles. The van der Waals surface area contributed by atoms with Gasteiger partial charge in [0.1, 0.15) is 13.1 Å². The van der Waals surface area contributed by atoms with E-state index in [9.17, 15) is 5.21 Å². The van der Waals surface area contributed by atoms with Gasteiger partial charge in [0.05, 0.1) is 13.5 Å². The summed E-state index contributed by atoms with van der Waals surface area (Å²) in [6, 6.07) is 0. The quantitative estimate of drug-likeness (QED) is 0.133. The molecule has 9 nitrogen and oxygen atoms in total. The van der Waals surface area contributed by atoms with Crippen molar-refractivity contribution in [1.82, 2.24) is 0 Å². The van der Waals surface area contributed by atoms with E-state index in [0.717, 1.165) is 13.0 Å². The predicted octanol–water partition coefficient (Wildman–Crippen LogP) is 0.360. The second-order valence-electron chi connectivity index (χ2n) is 7.37. The molecule has 0 aromatic rings. The van der Waals surface area contributed by atoms with E-state index in [1.165, 1.54) is 44.9 Å². The molecule has 1 N–H and O–H groups in total. The molecule has 0 aromatic carbocycles. The van der Waals surface area contributed by atoms with Crippen LogP contribution >= 0.6 is 0 Å². The van der Waals surface area contributed by atoms with E-state index in [0.29, 0.717) is 32.8 Å². The zero-order chi connectivity index (χ0) is 23.5. The first kappa shape index (κ1) is 32.1. The maximum atomic E-state index is 10.6. The second-order valence-corrected chi connectivity index (χ2v) is 8.13. The number of rotatable bonds is 18. The van der Waals surface area contributed by atoms with E-state index < -0.39 is 16.2 Å². The normalized spacial score (nSPS) is 14.2. The Labute approximate surface area is 184 Å². The molecule has 0 aliphatic carbocycles. The van der Waals surface area contributed by atoms with Crippen molar-refractivity contribution in [3.05, 3.63) is 0 Å². The fourth-order valence-corrected chi connectivity index (χ4v) is 3.08. The standard InChI is InChI=1S/C20H44NO4.ClHO4/c1-6-10-11-12-13-14-15-16-18-21(5,22)19-17-20(23-7-2,24-8-3)25-9-4;2-1(3,4)5/h22H,6-19H2,1-5H3;(H,2,3,4,5)/q+1;/p-1. The second kappa shape index (κ2) is 18.5. The lowest BCUT2D eigenvalue weighted by Crippen LogP contribution is -2.68. The number of hydrogen-bond donors (Lipinski definition) is 1. The molecule has 1 unspecified atom stereocenters. The summed E-state index contributed by atoms with van der Waals surface area (Å²) in [5, 5.41) is 10.6. The first-order valence-corrected chi connectivity index (χ1v) is 12.3. The van der Waals surface area contributed by atoms with Gasteiger partial charge in [-0.05, 0) is 33.6 Å². The van der Waals surface area contributed by atoms with Gasteiger partial charge in [-0.3, -0.25) is 0 Å². The smallest absolute Gasteiger partial charge is 0.288 e. The van der Waals surface area contributed by atoms with Crippen LogP contribution in [0.1, 0.15) is 85.5 Å². The van der Waals surface area contributed by atoms with Crippen molar-refractivity contribution in [2.45, 2.75) is 91.5 Å². The third-order valence-electron chi connectivity index (χ3n) is 4.49. The number of quaternary nitrogens is 1. The molecule has 0 bridgehead atoms. The Bertz CT molecular complexity index is 357. The minimum atomic E-state index is -4.94. The van der Waals surface area contributed by atoms with Gasteiger partial charge in [0.25, 0.3) is 5.97 Å². The number of halogens is 1. The SMILES string of the molecule is CCCCCCCCCC[N+](C)(O)CCC(OCC)(OCC)OCC.[O-][Cl+3]([O-])([O-])[O-]. The third kappa shape index (κ3) is 22.6. The van der Waals surface area contributed by atoms with E-state index in [1.807, 2.05) is 27.8 Å². The van der Waals surface area contributed by atoms with Crippen LogP contribution < -0.4 is 18.6 Å². The summed E-state index contributed by atoms with van der Waals surface area (Å²) >= 11 is 0. The maximum Gasteiger partial charge on any atom is 0.288 e. The Morgan fingerprint density at radius 1 is 0.700 bits per heavy atom. The van der Waals surface area contributed by atoms with Crippen molar-refractivity contribution in [3.8, 4) is 0 Å². The maximum absolute atomic E-state index is 10.6. The monoisotopic (exact) mass is 461 g/mol. The summed E-state index contributed by atoms with van der Waals surface area (Å²) in [6.45, 7) is 10.9. The number of hydrogen-bond acceptors (Lipinski definition) is 8. The molecule has 0 aliphatic rings. The molecule has 0 aromatic heterocycles. The van der Waals surface area contributed by atoms with E-state index in [-0.39, 0.29) is 4.65 Å². The summed E-state index contributed by atoms with van der Waals surface area (Å²) in [6.07, 6.45) is 10.7. The Balaban J connectivity index is 0. The molecule has 1 atom stereocenters. The molecule has 0 rings (SSSR count). The molecule has 0 saturated carbocycles. The molecule has 0 radical (unpaired) electrons. The highest BCUT2D eigenvalue weighted by molar-refractivity contribution is 4.58. The van der Waals surface area contributed by atoms with E-state index >= 15 is 0 Å². The predicted molar refractivity (Wildman–Crippen MR) is 103 cm³/mol. The zero-order valence-corrected chi connectivity index (χ0v) is 20.3. The molecular formula is C20H44ClNO8.